The molecular weight excluding hydrogens is 488 g/mol. The first kappa shape index (κ1) is 25.2. The molecule has 0 spiro atoms. The van der Waals surface area contributed by atoms with Crippen LogP contribution in [0.15, 0.2) is 62.7 Å². The first-order valence-corrected chi connectivity index (χ1v) is 13.6. The minimum atomic E-state index is -3.85. The summed E-state index contributed by atoms with van der Waals surface area (Å²) in [5, 5.41) is 11.0. The first-order chi connectivity index (χ1) is 16.8. The van der Waals surface area contributed by atoms with Gasteiger partial charge in [0, 0.05) is 16.7 Å². The molecule has 1 unspecified atom stereocenters. The fraction of sp³-hybridized carbons (Fsp3) is 0.375. The van der Waals surface area contributed by atoms with Crippen LogP contribution in [0.4, 0.5) is 6.01 Å². The molecule has 4 rings (SSSR count). The Morgan fingerprint density at radius 3 is 2.54 bits per heavy atom. The number of rotatable bonds is 9. The van der Waals surface area contributed by atoms with Crippen LogP contribution in [0.25, 0.3) is 0 Å². The number of amides is 1. The number of hydrogen-bond donors (Lipinski definition) is 1. The van der Waals surface area contributed by atoms with E-state index in [-0.39, 0.29) is 17.5 Å². The fourth-order valence-corrected chi connectivity index (χ4v) is 6.36. The van der Waals surface area contributed by atoms with Crippen LogP contribution in [-0.2, 0) is 21.2 Å². The predicted molar refractivity (Wildman–Crippen MR) is 133 cm³/mol. The summed E-state index contributed by atoms with van der Waals surface area (Å²) in [4.78, 5) is 14.2. The smallest absolute Gasteiger partial charge is 0.322 e. The number of aromatic nitrogens is 2. The molecule has 3 aromatic rings. The molecular formula is C24H28N4O5S2. The van der Waals surface area contributed by atoms with Gasteiger partial charge in [0.1, 0.15) is 11.8 Å². The van der Waals surface area contributed by atoms with Gasteiger partial charge < -0.3 is 9.15 Å². The van der Waals surface area contributed by atoms with Crippen LogP contribution in [0.5, 0.6) is 5.75 Å². The van der Waals surface area contributed by atoms with Gasteiger partial charge in [-0.15, -0.1) is 16.9 Å². The van der Waals surface area contributed by atoms with Crippen LogP contribution in [-0.4, -0.2) is 53.8 Å². The summed E-state index contributed by atoms with van der Waals surface area (Å²) in [6, 6.07) is 13.3. The molecule has 1 atom stereocenters. The standard InChI is InChI=1S/C24H28N4O5S2/c1-16(2)34-19-10-6-17(7-11-19)15-22-26-27-24(33-22)25-23(29)21-5-4-14-28(21)35(30,31)20-12-8-18(32-3)9-13-20/h6-13,16,21H,4-5,14-15H2,1-3H3,(H,25,27,29). The number of hydrogen-bond acceptors (Lipinski definition) is 8. The number of sulfonamides is 1. The van der Waals surface area contributed by atoms with Gasteiger partial charge in [-0.2, -0.15) is 4.31 Å². The maximum atomic E-state index is 13.1. The van der Waals surface area contributed by atoms with E-state index in [1.165, 1.54) is 28.4 Å². The average Bonchev–Trinajstić information content (AvgIpc) is 3.50. The van der Waals surface area contributed by atoms with Gasteiger partial charge in [0.15, 0.2) is 0 Å². The van der Waals surface area contributed by atoms with E-state index in [1.807, 2.05) is 12.1 Å². The number of carbonyl (C=O) groups is 1. The van der Waals surface area contributed by atoms with E-state index in [9.17, 15) is 13.2 Å². The fourth-order valence-electron chi connectivity index (χ4n) is 3.87. The molecule has 0 saturated carbocycles. The molecule has 1 N–H and O–H groups in total. The molecule has 0 radical (unpaired) electrons. The second kappa shape index (κ2) is 10.8. The number of thioether (sulfide) groups is 1. The van der Waals surface area contributed by atoms with Gasteiger partial charge in [0.05, 0.1) is 18.4 Å². The third kappa shape index (κ3) is 6.03. The summed E-state index contributed by atoms with van der Waals surface area (Å²) < 4.78 is 38.2. The maximum Gasteiger partial charge on any atom is 0.322 e. The van der Waals surface area contributed by atoms with E-state index in [2.05, 4.69) is 41.5 Å². The van der Waals surface area contributed by atoms with Crippen LogP contribution in [0.3, 0.4) is 0 Å². The first-order valence-electron chi connectivity index (χ1n) is 11.3. The average molecular weight is 517 g/mol. The van der Waals surface area contributed by atoms with Crippen LogP contribution in [0, 0.1) is 0 Å². The van der Waals surface area contributed by atoms with Gasteiger partial charge in [0.2, 0.25) is 21.8 Å². The Balaban J connectivity index is 1.40. The van der Waals surface area contributed by atoms with Crippen molar-refractivity contribution in [3.8, 4) is 5.75 Å². The van der Waals surface area contributed by atoms with Gasteiger partial charge in [-0.3, -0.25) is 10.1 Å². The molecule has 1 aliphatic rings. The van der Waals surface area contributed by atoms with Crippen molar-refractivity contribution in [3.05, 3.63) is 60.0 Å². The van der Waals surface area contributed by atoms with Crippen molar-refractivity contribution in [2.24, 2.45) is 0 Å². The minimum absolute atomic E-state index is 0.0503. The summed E-state index contributed by atoms with van der Waals surface area (Å²) in [5.41, 5.74) is 1.01. The molecule has 0 aliphatic carbocycles. The molecule has 186 valence electrons. The second-order valence-electron chi connectivity index (χ2n) is 8.43. The number of nitrogens with one attached hydrogen (secondary N) is 1. The molecule has 2 heterocycles. The van der Waals surface area contributed by atoms with Gasteiger partial charge in [0.25, 0.3) is 0 Å². The SMILES string of the molecule is COc1ccc(S(=O)(=O)N2CCCC2C(=O)Nc2nnc(Cc3ccc(SC(C)C)cc3)o2)cc1. The van der Waals surface area contributed by atoms with E-state index in [1.54, 1.807) is 23.9 Å². The highest BCUT2D eigenvalue weighted by molar-refractivity contribution is 7.99. The van der Waals surface area contributed by atoms with Crippen LogP contribution in [0.2, 0.25) is 0 Å². The number of benzene rings is 2. The zero-order valence-corrected chi connectivity index (χ0v) is 21.4. The van der Waals surface area contributed by atoms with Crippen LogP contribution in [0.1, 0.15) is 38.1 Å². The molecule has 1 fully saturated rings. The zero-order chi connectivity index (χ0) is 25.0. The van der Waals surface area contributed by atoms with E-state index in [0.717, 1.165) is 5.56 Å². The van der Waals surface area contributed by atoms with Crippen LogP contribution < -0.4 is 10.1 Å². The van der Waals surface area contributed by atoms with Gasteiger partial charge in [-0.1, -0.05) is 31.1 Å². The van der Waals surface area contributed by atoms with E-state index in [4.69, 9.17) is 9.15 Å². The highest BCUT2D eigenvalue weighted by Gasteiger charge is 2.40. The monoisotopic (exact) mass is 516 g/mol. The molecule has 2 aromatic carbocycles. The third-order valence-corrected chi connectivity index (χ3v) is 8.46. The van der Waals surface area contributed by atoms with Crippen molar-refractivity contribution in [3.63, 3.8) is 0 Å². The quantitative estimate of drug-likeness (QED) is 0.425. The lowest BCUT2D eigenvalue weighted by atomic mass is 10.1. The highest BCUT2D eigenvalue weighted by Crippen LogP contribution is 2.28. The van der Waals surface area contributed by atoms with E-state index >= 15 is 0 Å². The van der Waals surface area contributed by atoms with Crippen molar-refractivity contribution >= 4 is 33.7 Å². The third-order valence-electron chi connectivity index (χ3n) is 5.52. The van der Waals surface area contributed by atoms with Crippen molar-refractivity contribution in [2.75, 3.05) is 19.0 Å². The Labute approximate surface area is 209 Å². The Morgan fingerprint density at radius 1 is 1.17 bits per heavy atom. The van der Waals surface area contributed by atoms with Crippen molar-refractivity contribution in [1.29, 1.82) is 0 Å². The van der Waals surface area contributed by atoms with Crippen molar-refractivity contribution < 1.29 is 22.4 Å². The molecule has 1 saturated heterocycles. The second-order valence-corrected chi connectivity index (χ2v) is 12.0. The minimum Gasteiger partial charge on any atom is -0.497 e. The molecule has 11 heteroatoms. The lowest BCUT2D eigenvalue weighted by molar-refractivity contribution is -0.119. The van der Waals surface area contributed by atoms with E-state index in [0.29, 0.717) is 36.2 Å². The number of anilines is 1. The Bertz CT molecular complexity index is 1260. The van der Waals surface area contributed by atoms with Crippen molar-refractivity contribution in [1.82, 2.24) is 14.5 Å². The summed E-state index contributed by atoms with van der Waals surface area (Å²) in [5.74, 6) is 0.417. The number of ether oxygens (including phenoxy) is 1. The number of nitrogens with zero attached hydrogens (tertiary/aromatic N) is 3. The molecule has 1 aliphatic heterocycles. The zero-order valence-electron chi connectivity index (χ0n) is 19.8. The lowest BCUT2D eigenvalue weighted by Crippen LogP contribution is -2.43. The molecule has 1 aromatic heterocycles. The summed E-state index contributed by atoms with van der Waals surface area (Å²) in [7, 11) is -2.34. The van der Waals surface area contributed by atoms with Gasteiger partial charge in [-0.25, -0.2) is 8.42 Å². The predicted octanol–water partition coefficient (Wildman–Crippen LogP) is 3.96. The summed E-state index contributed by atoms with van der Waals surface area (Å²) in [6.07, 6.45) is 1.41. The summed E-state index contributed by atoms with van der Waals surface area (Å²) >= 11 is 1.79. The Kier molecular flexibility index (Phi) is 7.78. The molecule has 35 heavy (non-hydrogen) atoms. The highest BCUT2D eigenvalue weighted by atomic mass is 32.2. The van der Waals surface area contributed by atoms with E-state index < -0.39 is 22.0 Å². The topological polar surface area (TPSA) is 115 Å². The summed E-state index contributed by atoms with van der Waals surface area (Å²) in [6.45, 7) is 4.55. The maximum absolute atomic E-state index is 13.1. The number of carbonyl (C=O) groups excluding carboxylic acids is 1. The number of methoxy groups -OCH3 is 1. The normalized spacial score (nSPS) is 16.5. The Morgan fingerprint density at radius 2 is 1.89 bits per heavy atom. The van der Waals surface area contributed by atoms with Gasteiger partial charge in [-0.05, 0) is 54.8 Å². The van der Waals surface area contributed by atoms with Crippen LogP contribution >= 0.6 is 11.8 Å². The Hall–Kier alpha value is -2.89. The molecule has 1 amide bonds. The lowest BCUT2D eigenvalue weighted by Gasteiger charge is -2.22. The van der Waals surface area contributed by atoms with Crippen molar-refractivity contribution in [2.45, 2.75) is 54.2 Å². The van der Waals surface area contributed by atoms with Gasteiger partial charge >= 0.3 is 6.01 Å². The molecule has 9 nitrogen and oxygen atoms in total. The molecule has 0 bridgehead atoms. The largest absolute Gasteiger partial charge is 0.497 e.